The van der Waals surface area contributed by atoms with Gasteiger partial charge in [0.25, 0.3) is 0 Å². The fourth-order valence-corrected chi connectivity index (χ4v) is 2.18. The summed E-state index contributed by atoms with van der Waals surface area (Å²) in [6.45, 7) is 4.50. The van der Waals surface area contributed by atoms with Crippen LogP contribution in [0.3, 0.4) is 0 Å². The van der Waals surface area contributed by atoms with Crippen molar-refractivity contribution in [1.82, 2.24) is 9.97 Å². The van der Waals surface area contributed by atoms with Gasteiger partial charge in [-0.15, -0.1) is 0 Å². The number of hydrogen-bond acceptors (Lipinski definition) is 3. The van der Waals surface area contributed by atoms with E-state index < -0.39 is 0 Å². The van der Waals surface area contributed by atoms with Crippen molar-refractivity contribution in [2.75, 3.05) is 18.0 Å². The summed E-state index contributed by atoms with van der Waals surface area (Å²) in [5, 5.41) is 0. The molecule has 1 fully saturated rings. The van der Waals surface area contributed by atoms with Crippen LogP contribution in [-0.2, 0) is 0 Å². The fraction of sp³-hybridized carbons (Fsp3) is 0.600. The summed E-state index contributed by atoms with van der Waals surface area (Å²) in [6, 6.07) is 0. The SMILES string of the molecule is CC1CCCN(c2cncc(Br)n2)C1. The molecule has 1 atom stereocenters. The van der Waals surface area contributed by atoms with E-state index in [0.717, 1.165) is 29.4 Å². The molecule has 1 aromatic rings. The van der Waals surface area contributed by atoms with E-state index in [4.69, 9.17) is 0 Å². The Kier molecular flexibility index (Phi) is 3.01. The lowest BCUT2D eigenvalue weighted by Gasteiger charge is -2.31. The van der Waals surface area contributed by atoms with Gasteiger partial charge < -0.3 is 4.90 Å². The molecular formula is C10H14BrN3. The molecule has 0 saturated carbocycles. The second kappa shape index (κ2) is 4.26. The van der Waals surface area contributed by atoms with Crippen molar-refractivity contribution < 1.29 is 0 Å². The third kappa shape index (κ3) is 2.23. The fourth-order valence-electron chi connectivity index (χ4n) is 1.88. The van der Waals surface area contributed by atoms with Crippen molar-refractivity contribution >= 4 is 21.7 Å². The van der Waals surface area contributed by atoms with Crippen molar-refractivity contribution in [2.24, 2.45) is 5.92 Å². The predicted molar refractivity (Wildman–Crippen MR) is 60.3 cm³/mol. The molecule has 1 saturated heterocycles. The molecule has 4 heteroatoms. The zero-order valence-electron chi connectivity index (χ0n) is 8.28. The van der Waals surface area contributed by atoms with Crippen molar-refractivity contribution in [1.29, 1.82) is 0 Å². The normalized spacial score (nSPS) is 22.4. The Morgan fingerprint density at radius 1 is 1.50 bits per heavy atom. The number of rotatable bonds is 1. The van der Waals surface area contributed by atoms with Crippen molar-refractivity contribution in [2.45, 2.75) is 19.8 Å². The summed E-state index contributed by atoms with van der Waals surface area (Å²) in [7, 11) is 0. The molecule has 0 aromatic carbocycles. The maximum atomic E-state index is 4.41. The van der Waals surface area contributed by atoms with Gasteiger partial charge in [0.2, 0.25) is 0 Å². The summed E-state index contributed by atoms with van der Waals surface area (Å²) >= 11 is 3.34. The summed E-state index contributed by atoms with van der Waals surface area (Å²) < 4.78 is 0.813. The van der Waals surface area contributed by atoms with E-state index in [1.54, 1.807) is 6.20 Å². The molecule has 14 heavy (non-hydrogen) atoms. The van der Waals surface area contributed by atoms with E-state index in [0.29, 0.717) is 0 Å². The molecule has 0 bridgehead atoms. The van der Waals surface area contributed by atoms with Crippen LogP contribution in [-0.4, -0.2) is 23.1 Å². The lowest BCUT2D eigenvalue weighted by molar-refractivity contribution is 0.444. The lowest BCUT2D eigenvalue weighted by Crippen LogP contribution is -2.34. The van der Waals surface area contributed by atoms with Crippen LogP contribution in [0.1, 0.15) is 19.8 Å². The van der Waals surface area contributed by atoms with E-state index in [1.807, 2.05) is 6.20 Å². The van der Waals surface area contributed by atoms with Crippen molar-refractivity contribution in [3.63, 3.8) is 0 Å². The van der Waals surface area contributed by atoms with Gasteiger partial charge in [0.05, 0.1) is 12.4 Å². The molecule has 0 N–H and O–H groups in total. The molecule has 2 heterocycles. The monoisotopic (exact) mass is 255 g/mol. The first-order valence-corrected chi connectivity index (χ1v) is 5.77. The maximum Gasteiger partial charge on any atom is 0.148 e. The molecule has 0 aliphatic carbocycles. The topological polar surface area (TPSA) is 29.0 Å². The minimum absolute atomic E-state index is 0.768. The van der Waals surface area contributed by atoms with Crippen LogP contribution in [0.4, 0.5) is 5.82 Å². The van der Waals surface area contributed by atoms with E-state index in [9.17, 15) is 0 Å². The smallest absolute Gasteiger partial charge is 0.148 e. The zero-order valence-corrected chi connectivity index (χ0v) is 9.87. The standard InChI is InChI=1S/C10H14BrN3/c1-8-3-2-4-14(7-8)10-6-12-5-9(11)13-10/h5-6,8H,2-4,7H2,1H3. The van der Waals surface area contributed by atoms with E-state index >= 15 is 0 Å². The van der Waals surface area contributed by atoms with Crippen LogP contribution in [0.5, 0.6) is 0 Å². The Hall–Kier alpha value is -0.640. The van der Waals surface area contributed by atoms with Crippen LogP contribution in [0.2, 0.25) is 0 Å². The highest BCUT2D eigenvalue weighted by Crippen LogP contribution is 2.21. The first-order valence-electron chi connectivity index (χ1n) is 4.98. The van der Waals surface area contributed by atoms with Gasteiger partial charge in [-0.05, 0) is 34.7 Å². The minimum Gasteiger partial charge on any atom is -0.355 e. The Morgan fingerprint density at radius 2 is 2.36 bits per heavy atom. The Morgan fingerprint density at radius 3 is 3.07 bits per heavy atom. The van der Waals surface area contributed by atoms with E-state index in [-0.39, 0.29) is 0 Å². The second-order valence-corrected chi connectivity index (χ2v) is 4.71. The third-order valence-corrected chi connectivity index (χ3v) is 2.96. The summed E-state index contributed by atoms with van der Waals surface area (Å²) in [4.78, 5) is 10.9. The lowest BCUT2D eigenvalue weighted by atomic mass is 10.0. The molecule has 0 radical (unpaired) electrons. The number of hydrogen-bond donors (Lipinski definition) is 0. The number of piperidine rings is 1. The molecule has 3 nitrogen and oxygen atoms in total. The molecule has 1 aliphatic rings. The summed E-state index contributed by atoms with van der Waals surface area (Å²) in [5.41, 5.74) is 0. The number of aromatic nitrogens is 2. The molecule has 0 amide bonds. The van der Waals surface area contributed by atoms with Gasteiger partial charge in [0, 0.05) is 13.1 Å². The number of anilines is 1. The molecule has 2 rings (SSSR count). The van der Waals surface area contributed by atoms with Gasteiger partial charge in [-0.25, -0.2) is 4.98 Å². The molecular weight excluding hydrogens is 242 g/mol. The van der Waals surface area contributed by atoms with Gasteiger partial charge in [-0.1, -0.05) is 6.92 Å². The Bertz CT molecular complexity index is 316. The first kappa shape index (κ1) is 9.90. The van der Waals surface area contributed by atoms with E-state index in [2.05, 4.69) is 37.7 Å². The van der Waals surface area contributed by atoms with Gasteiger partial charge in [0.15, 0.2) is 0 Å². The molecule has 1 aromatic heterocycles. The second-order valence-electron chi connectivity index (χ2n) is 3.89. The van der Waals surface area contributed by atoms with E-state index in [1.165, 1.54) is 12.8 Å². The number of halogens is 1. The molecule has 0 spiro atoms. The average Bonchev–Trinajstić information content (AvgIpc) is 2.18. The highest BCUT2D eigenvalue weighted by Gasteiger charge is 2.17. The Balaban J connectivity index is 2.14. The predicted octanol–water partition coefficient (Wildman–Crippen LogP) is 2.48. The zero-order chi connectivity index (χ0) is 9.97. The molecule has 1 unspecified atom stereocenters. The Labute approximate surface area is 92.7 Å². The maximum absolute atomic E-state index is 4.41. The summed E-state index contributed by atoms with van der Waals surface area (Å²) in [6.07, 6.45) is 6.15. The van der Waals surface area contributed by atoms with Crippen molar-refractivity contribution in [3.05, 3.63) is 17.0 Å². The summed E-state index contributed by atoms with van der Waals surface area (Å²) in [5.74, 6) is 1.76. The van der Waals surface area contributed by atoms with Crippen LogP contribution < -0.4 is 4.90 Å². The van der Waals surface area contributed by atoms with Crippen molar-refractivity contribution in [3.8, 4) is 0 Å². The van der Waals surface area contributed by atoms with Gasteiger partial charge >= 0.3 is 0 Å². The van der Waals surface area contributed by atoms with Gasteiger partial charge in [-0.3, -0.25) is 4.98 Å². The highest BCUT2D eigenvalue weighted by atomic mass is 79.9. The van der Waals surface area contributed by atoms with Gasteiger partial charge in [0.1, 0.15) is 10.4 Å². The quantitative estimate of drug-likeness (QED) is 0.772. The van der Waals surface area contributed by atoms with Crippen LogP contribution in [0.15, 0.2) is 17.0 Å². The molecule has 76 valence electrons. The van der Waals surface area contributed by atoms with Crippen LogP contribution in [0, 0.1) is 5.92 Å². The largest absolute Gasteiger partial charge is 0.355 e. The van der Waals surface area contributed by atoms with Crippen LogP contribution >= 0.6 is 15.9 Å². The number of nitrogens with zero attached hydrogens (tertiary/aromatic N) is 3. The first-order chi connectivity index (χ1) is 6.75. The van der Waals surface area contributed by atoms with Crippen LogP contribution in [0.25, 0.3) is 0 Å². The third-order valence-electron chi connectivity index (χ3n) is 2.57. The minimum atomic E-state index is 0.768. The molecule has 1 aliphatic heterocycles. The average molecular weight is 256 g/mol. The highest BCUT2D eigenvalue weighted by molar-refractivity contribution is 9.10. The van der Waals surface area contributed by atoms with Gasteiger partial charge in [-0.2, -0.15) is 0 Å².